The van der Waals surface area contributed by atoms with Crippen molar-refractivity contribution in [3.05, 3.63) is 29.3 Å². The number of piperidine rings is 1. The molecule has 176 valence electrons. The van der Waals surface area contributed by atoms with Gasteiger partial charge in [0.05, 0.1) is 16.0 Å². The molecule has 0 spiro atoms. The van der Waals surface area contributed by atoms with Crippen LogP contribution in [0.3, 0.4) is 0 Å². The summed E-state index contributed by atoms with van der Waals surface area (Å²) in [5, 5.41) is 0. The van der Waals surface area contributed by atoms with Crippen molar-refractivity contribution < 1.29 is 34.8 Å². The Labute approximate surface area is 177 Å². The first-order chi connectivity index (χ1) is 14.4. The minimum absolute atomic E-state index is 0.0138. The Kier molecular flexibility index (Phi) is 7.24. The van der Waals surface area contributed by atoms with Crippen molar-refractivity contribution in [3.63, 3.8) is 0 Å². The highest BCUT2D eigenvalue weighted by Gasteiger charge is 2.39. The fourth-order valence-corrected chi connectivity index (χ4v) is 5.38. The molecule has 31 heavy (non-hydrogen) atoms. The molecule has 0 radical (unpaired) electrons. The van der Waals surface area contributed by atoms with E-state index in [1.165, 1.54) is 6.42 Å². The van der Waals surface area contributed by atoms with Crippen LogP contribution in [0.2, 0.25) is 0 Å². The van der Waals surface area contributed by atoms with Crippen LogP contribution in [-0.2, 0) is 22.4 Å². The second kappa shape index (κ2) is 9.24. The minimum atomic E-state index is -5.10. The van der Waals surface area contributed by atoms with Crippen LogP contribution in [0.15, 0.2) is 23.1 Å². The summed E-state index contributed by atoms with van der Waals surface area (Å²) < 4.78 is 105. The predicted molar refractivity (Wildman–Crippen MR) is 102 cm³/mol. The molecule has 0 saturated carbocycles. The van der Waals surface area contributed by atoms with Crippen LogP contribution in [0.4, 0.5) is 26.3 Å². The minimum Gasteiger partial charge on any atom is -0.302 e. The Morgan fingerprint density at radius 2 is 1.13 bits per heavy atom. The number of alkyl halides is 6. The van der Waals surface area contributed by atoms with Gasteiger partial charge in [-0.05, 0) is 44.1 Å². The molecular formula is C19H25F6N3O2S. The highest BCUT2D eigenvalue weighted by atomic mass is 32.2. The molecule has 1 aromatic carbocycles. The van der Waals surface area contributed by atoms with E-state index in [9.17, 15) is 34.8 Å². The second-order valence-electron chi connectivity index (χ2n) is 7.89. The zero-order chi connectivity index (χ0) is 22.9. The maximum absolute atomic E-state index is 13.1. The summed E-state index contributed by atoms with van der Waals surface area (Å²) in [6.07, 6.45) is -6.66. The molecule has 0 aliphatic carbocycles. The number of benzene rings is 1. The van der Waals surface area contributed by atoms with Gasteiger partial charge in [0.1, 0.15) is 0 Å². The van der Waals surface area contributed by atoms with Gasteiger partial charge in [-0.15, -0.1) is 0 Å². The Morgan fingerprint density at radius 3 is 1.58 bits per heavy atom. The van der Waals surface area contributed by atoms with Crippen molar-refractivity contribution >= 4 is 10.0 Å². The summed E-state index contributed by atoms with van der Waals surface area (Å²) in [5.41, 5.74) is -3.28. The number of halogens is 6. The molecule has 2 fully saturated rings. The molecule has 2 aliphatic heterocycles. The Balaban J connectivity index is 1.70. The van der Waals surface area contributed by atoms with Gasteiger partial charge >= 0.3 is 12.4 Å². The monoisotopic (exact) mass is 473 g/mol. The molecule has 0 amide bonds. The van der Waals surface area contributed by atoms with E-state index in [1.807, 2.05) is 0 Å². The summed E-state index contributed by atoms with van der Waals surface area (Å²) in [6.45, 7) is 4.44. The molecular weight excluding hydrogens is 448 g/mol. The van der Waals surface area contributed by atoms with Crippen LogP contribution < -0.4 is 0 Å². The van der Waals surface area contributed by atoms with E-state index in [-0.39, 0.29) is 31.3 Å². The van der Waals surface area contributed by atoms with Crippen LogP contribution in [-0.4, -0.2) is 74.9 Å². The zero-order valence-corrected chi connectivity index (χ0v) is 17.7. The van der Waals surface area contributed by atoms with E-state index in [4.69, 9.17) is 0 Å². The summed E-state index contributed by atoms with van der Waals surface area (Å²) in [5.74, 6) is 0. The Hall–Kier alpha value is -1.37. The first-order valence-electron chi connectivity index (χ1n) is 10.1. The van der Waals surface area contributed by atoms with Crippen molar-refractivity contribution in [2.45, 2.75) is 36.5 Å². The van der Waals surface area contributed by atoms with Crippen molar-refractivity contribution in [3.8, 4) is 0 Å². The Bertz CT molecular complexity index is 826. The summed E-state index contributed by atoms with van der Waals surface area (Å²) >= 11 is 0. The van der Waals surface area contributed by atoms with E-state index >= 15 is 0 Å². The van der Waals surface area contributed by atoms with Crippen molar-refractivity contribution in [2.75, 3.05) is 52.4 Å². The summed E-state index contributed by atoms with van der Waals surface area (Å²) in [7, 11) is -4.49. The first-order valence-corrected chi connectivity index (χ1v) is 11.6. The van der Waals surface area contributed by atoms with Crippen LogP contribution in [0.25, 0.3) is 0 Å². The van der Waals surface area contributed by atoms with E-state index in [0.717, 1.165) is 43.3 Å². The normalized spacial score (nSPS) is 20.8. The van der Waals surface area contributed by atoms with Gasteiger partial charge in [-0.3, -0.25) is 4.90 Å². The van der Waals surface area contributed by atoms with Gasteiger partial charge in [-0.1, -0.05) is 6.42 Å². The fraction of sp³-hybridized carbons (Fsp3) is 0.684. The molecule has 3 rings (SSSR count). The van der Waals surface area contributed by atoms with Crippen molar-refractivity contribution in [1.29, 1.82) is 0 Å². The third-order valence-electron chi connectivity index (χ3n) is 5.71. The van der Waals surface area contributed by atoms with E-state index in [0.29, 0.717) is 13.1 Å². The first kappa shape index (κ1) is 24.3. The molecule has 1 aromatic rings. The molecule has 2 aliphatic rings. The fourth-order valence-electron chi connectivity index (χ4n) is 3.88. The lowest BCUT2D eigenvalue weighted by Gasteiger charge is -2.36. The van der Waals surface area contributed by atoms with Gasteiger partial charge in [0.25, 0.3) is 0 Å². The zero-order valence-electron chi connectivity index (χ0n) is 16.8. The van der Waals surface area contributed by atoms with Gasteiger partial charge in [-0.2, -0.15) is 30.6 Å². The molecule has 12 heteroatoms. The third kappa shape index (κ3) is 6.11. The largest absolute Gasteiger partial charge is 0.416 e. The third-order valence-corrected chi connectivity index (χ3v) is 7.59. The summed E-state index contributed by atoms with van der Waals surface area (Å²) in [4.78, 5) is 3.42. The number of nitrogens with zero attached hydrogens (tertiary/aromatic N) is 3. The van der Waals surface area contributed by atoms with Gasteiger partial charge in [0.2, 0.25) is 10.0 Å². The number of rotatable bonds is 5. The predicted octanol–water partition coefficient (Wildman–Crippen LogP) is 3.52. The van der Waals surface area contributed by atoms with Gasteiger partial charge in [-0.25, -0.2) is 8.42 Å². The average molecular weight is 473 g/mol. The van der Waals surface area contributed by atoms with Crippen LogP contribution >= 0.6 is 0 Å². The van der Waals surface area contributed by atoms with Crippen LogP contribution in [0.5, 0.6) is 0 Å². The second-order valence-corrected chi connectivity index (χ2v) is 9.83. The lowest BCUT2D eigenvalue weighted by molar-refractivity contribution is -0.143. The molecule has 0 aromatic heterocycles. The van der Waals surface area contributed by atoms with Gasteiger partial charge < -0.3 is 4.90 Å². The maximum atomic E-state index is 13.1. The molecule has 0 unspecified atom stereocenters. The molecule has 2 heterocycles. The molecule has 0 atom stereocenters. The van der Waals surface area contributed by atoms with Crippen molar-refractivity contribution in [2.24, 2.45) is 0 Å². The highest BCUT2D eigenvalue weighted by Crippen LogP contribution is 2.37. The van der Waals surface area contributed by atoms with Gasteiger partial charge in [0, 0.05) is 39.3 Å². The van der Waals surface area contributed by atoms with E-state index in [2.05, 4.69) is 9.80 Å². The number of sulfonamides is 1. The number of piperazine rings is 1. The lowest BCUT2D eigenvalue weighted by Crippen LogP contribution is -2.50. The van der Waals surface area contributed by atoms with E-state index < -0.39 is 38.4 Å². The maximum Gasteiger partial charge on any atom is 0.416 e. The van der Waals surface area contributed by atoms with Crippen LogP contribution in [0.1, 0.15) is 30.4 Å². The summed E-state index contributed by atoms with van der Waals surface area (Å²) in [6, 6.07) is 0.470. The molecule has 5 nitrogen and oxygen atoms in total. The SMILES string of the molecule is O=S(=O)(c1cc(C(F)(F)F)cc(C(F)(F)F)c1)N1CCN(CCN2CCCCC2)CC1. The quantitative estimate of drug-likeness (QED) is 0.614. The molecule has 2 saturated heterocycles. The number of hydrogen-bond acceptors (Lipinski definition) is 4. The molecule has 0 N–H and O–H groups in total. The van der Waals surface area contributed by atoms with Crippen molar-refractivity contribution in [1.82, 2.24) is 14.1 Å². The number of likely N-dealkylation sites (tertiary alicyclic amines) is 1. The Morgan fingerprint density at radius 1 is 0.677 bits per heavy atom. The molecule has 0 bridgehead atoms. The highest BCUT2D eigenvalue weighted by molar-refractivity contribution is 7.89. The van der Waals surface area contributed by atoms with E-state index in [1.54, 1.807) is 0 Å². The number of hydrogen-bond donors (Lipinski definition) is 0. The smallest absolute Gasteiger partial charge is 0.302 e. The lowest BCUT2D eigenvalue weighted by atomic mass is 10.1. The van der Waals surface area contributed by atoms with Gasteiger partial charge in [0.15, 0.2) is 0 Å². The standard InChI is InChI=1S/C19H25F6N3O2S/c20-18(21,22)15-12-16(19(23,24)25)14-17(13-15)31(29,30)28-10-8-27(9-11-28)7-6-26-4-2-1-3-5-26/h12-14H,1-11H2. The topological polar surface area (TPSA) is 43.9 Å². The average Bonchev–Trinajstić information content (AvgIpc) is 2.72. The van der Waals surface area contributed by atoms with Crippen LogP contribution in [0, 0.1) is 0 Å².